The van der Waals surface area contributed by atoms with Gasteiger partial charge in [0.05, 0.1) is 13.2 Å². The number of benzene rings is 3. The minimum Gasteiger partial charge on any atom is -0.497 e. The first-order valence-electron chi connectivity index (χ1n) is 8.81. The summed E-state index contributed by atoms with van der Waals surface area (Å²) >= 11 is 2.28. The normalized spacial score (nSPS) is 11.7. The van der Waals surface area contributed by atoms with Crippen LogP contribution in [0.15, 0.2) is 72.8 Å². The summed E-state index contributed by atoms with van der Waals surface area (Å²) in [6, 6.07) is 23.7. The molecule has 1 atom stereocenters. The first kappa shape index (κ1) is 19.4. The van der Waals surface area contributed by atoms with Crippen molar-refractivity contribution in [3.63, 3.8) is 0 Å². The van der Waals surface area contributed by atoms with Crippen LogP contribution in [0.5, 0.6) is 5.75 Å². The van der Waals surface area contributed by atoms with Crippen LogP contribution in [-0.2, 0) is 0 Å². The van der Waals surface area contributed by atoms with Gasteiger partial charge in [0.25, 0.3) is 0 Å². The predicted octanol–water partition coefficient (Wildman–Crippen LogP) is 6.03. The maximum absolute atomic E-state index is 12.8. The van der Waals surface area contributed by atoms with Gasteiger partial charge in [0.2, 0.25) is 0 Å². The Morgan fingerprint density at radius 2 is 1.59 bits per heavy atom. The largest absolute Gasteiger partial charge is 0.497 e. The molecule has 1 N–H and O–H groups in total. The van der Waals surface area contributed by atoms with Crippen molar-refractivity contribution in [2.45, 2.75) is 19.4 Å². The number of hydrogen-bond acceptors (Lipinski definition) is 3. The van der Waals surface area contributed by atoms with Gasteiger partial charge in [0.1, 0.15) is 5.75 Å². The van der Waals surface area contributed by atoms with E-state index in [0.717, 1.165) is 28.1 Å². The lowest BCUT2D eigenvalue weighted by molar-refractivity contribution is 0.0976. The number of rotatable bonds is 7. The van der Waals surface area contributed by atoms with Crippen molar-refractivity contribution < 1.29 is 9.53 Å². The third-order valence-corrected chi connectivity index (χ3v) is 5.19. The average molecular weight is 471 g/mol. The van der Waals surface area contributed by atoms with Gasteiger partial charge < -0.3 is 10.1 Å². The van der Waals surface area contributed by atoms with Crippen molar-refractivity contribution in [1.82, 2.24) is 0 Å². The van der Waals surface area contributed by atoms with Crippen LogP contribution < -0.4 is 10.1 Å². The highest BCUT2D eigenvalue weighted by molar-refractivity contribution is 14.1. The van der Waals surface area contributed by atoms with Crippen LogP contribution in [-0.4, -0.2) is 12.9 Å². The smallest absolute Gasteiger partial charge is 0.165 e. The van der Waals surface area contributed by atoms with Crippen LogP contribution in [0.25, 0.3) is 0 Å². The Morgan fingerprint density at radius 1 is 0.963 bits per heavy atom. The molecule has 3 aromatic carbocycles. The summed E-state index contributed by atoms with van der Waals surface area (Å²) < 4.78 is 6.43. The Balaban J connectivity index is 1.84. The summed E-state index contributed by atoms with van der Waals surface area (Å²) in [5, 5.41) is 3.51. The SMILES string of the molecule is COc1ccc(C(CC(=O)c2ccc(C)cc2)Nc2ccc(I)cc2)cc1. The number of aryl methyl sites for hydroxylation is 1. The van der Waals surface area contributed by atoms with E-state index >= 15 is 0 Å². The lowest BCUT2D eigenvalue weighted by Gasteiger charge is -2.20. The molecule has 3 aromatic rings. The van der Waals surface area contributed by atoms with Gasteiger partial charge in [-0.15, -0.1) is 0 Å². The number of ether oxygens (including phenoxy) is 1. The second kappa shape index (κ2) is 9.04. The first-order chi connectivity index (χ1) is 13.0. The quantitative estimate of drug-likeness (QED) is 0.338. The summed E-state index contributed by atoms with van der Waals surface area (Å²) in [4.78, 5) is 12.8. The van der Waals surface area contributed by atoms with Crippen LogP contribution in [0.3, 0.4) is 0 Å². The van der Waals surface area contributed by atoms with Crippen molar-refractivity contribution in [2.75, 3.05) is 12.4 Å². The number of Topliss-reactive ketones (excluding diaryl/α,β-unsaturated/α-hetero) is 1. The molecule has 3 rings (SSSR count). The van der Waals surface area contributed by atoms with Crippen molar-refractivity contribution >= 4 is 34.1 Å². The average Bonchev–Trinajstić information content (AvgIpc) is 2.69. The number of methoxy groups -OCH3 is 1. The molecule has 138 valence electrons. The second-order valence-corrected chi connectivity index (χ2v) is 7.72. The van der Waals surface area contributed by atoms with Crippen molar-refractivity contribution in [2.24, 2.45) is 0 Å². The number of halogens is 1. The lowest BCUT2D eigenvalue weighted by atomic mass is 9.97. The van der Waals surface area contributed by atoms with Crippen LogP contribution in [0.4, 0.5) is 5.69 Å². The fourth-order valence-corrected chi connectivity index (χ4v) is 3.24. The summed E-state index contributed by atoms with van der Waals surface area (Å²) in [5.41, 5.74) is 3.93. The predicted molar refractivity (Wildman–Crippen MR) is 119 cm³/mol. The van der Waals surface area contributed by atoms with Gasteiger partial charge in [-0.05, 0) is 71.5 Å². The van der Waals surface area contributed by atoms with E-state index in [1.807, 2.05) is 67.6 Å². The van der Waals surface area contributed by atoms with E-state index in [1.54, 1.807) is 7.11 Å². The van der Waals surface area contributed by atoms with Gasteiger partial charge in [0, 0.05) is 21.2 Å². The molecule has 0 heterocycles. The monoisotopic (exact) mass is 471 g/mol. The molecule has 0 aliphatic heterocycles. The van der Waals surface area contributed by atoms with Gasteiger partial charge in [-0.1, -0.05) is 42.0 Å². The molecule has 4 heteroatoms. The van der Waals surface area contributed by atoms with Gasteiger partial charge in [0.15, 0.2) is 5.78 Å². The zero-order valence-electron chi connectivity index (χ0n) is 15.4. The zero-order valence-corrected chi connectivity index (χ0v) is 17.6. The van der Waals surface area contributed by atoms with E-state index in [1.165, 1.54) is 3.57 Å². The molecule has 3 nitrogen and oxygen atoms in total. The minimum absolute atomic E-state index is 0.119. The maximum Gasteiger partial charge on any atom is 0.165 e. The highest BCUT2D eigenvalue weighted by Gasteiger charge is 2.17. The third-order valence-electron chi connectivity index (χ3n) is 4.47. The highest BCUT2D eigenvalue weighted by Crippen LogP contribution is 2.26. The minimum atomic E-state index is -0.121. The molecule has 0 radical (unpaired) electrons. The van der Waals surface area contributed by atoms with Crippen molar-refractivity contribution in [1.29, 1.82) is 0 Å². The number of ketones is 1. The molecule has 0 saturated carbocycles. The van der Waals surface area contributed by atoms with Crippen molar-refractivity contribution in [3.8, 4) is 5.75 Å². The molecule has 27 heavy (non-hydrogen) atoms. The van der Waals surface area contributed by atoms with E-state index in [9.17, 15) is 4.79 Å². The van der Waals surface area contributed by atoms with E-state index in [2.05, 4.69) is 40.0 Å². The van der Waals surface area contributed by atoms with Crippen LogP contribution >= 0.6 is 22.6 Å². The Morgan fingerprint density at radius 3 is 2.19 bits per heavy atom. The molecule has 0 aliphatic rings. The molecule has 0 spiro atoms. The van der Waals surface area contributed by atoms with Crippen LogP contribution in [0, 0.1) is 10.5 Å². The molecular formula is C23H22INO2. The van der Waals surface area contributed by atoms with E-state index in [-0.39, 0.29) is 11.8 Å². The molecule has 0 amide bonds. The fourth-order valence-electron chi connectivity index (χ4n) is 2.88. The summed E-state index contributed by atoms with van der Waals surface area (Å²) in [6.07, 6.45) is 0.376. The molecule has 0 bridgehead atoms. The molecule has 0 aromatic heterocycles. The molecule has 0 aliphatic carbocycles. The molecule has 1 unspecified atom stereocenters. The van der Waals surface area contributed by atoms with E-state index < -0.39 is 0 Å². The number of anilines is 1. The van der Waals surface area contributed by atoms with Gasteiger partial charge in [-0.3, -0.25) is 4.79 Å². The topological polar surface area (TPSA) is 38.3 Å². The number of carbonyl (C=O) groups is 1. The Kier molecular flexibility index (Phi) is 6.50. The van der Waals surface area contributed by atoms with E-state index in [0.29, 0.717) is 6.42 Å². The summed E-state index contributed by atoms with van der Waals surface area (Å²) in [5.74, 6) is 0.922. The second-order valence-electron chi connectivity index (χ2n) is 6.47. The maximum atomic E-state index is 12.8. The van der Waals surface area contributed by atoms with Gasteiger partial charge in [-0.2, -0.15) is 0 Å². The molecule has 0 fully saturated rings. The van der Waals surface area contributed by atoms with E-state index in [4.69, 9.17) is 4.74 Å². The first-order valence-corrected chi connectivity index (χ1v) is 9.89. The molecular weight excluding hydrogens is 449 g/mol. The summed E-state index contributed by atoms with van der Waals surface area (Å²) in [6.45, 7) is 2.02. The van der Waals surface area contributed by atoms with Gasteiger partial charge in [-0.25, -0.2) is 0 Å². The van der Waals surface area contributed by atoms with Crippen LogP contribution in [0.2, 0.25) is 0 Å². The molecule has 0 saturated heterocycles. The third kappa shape index (κ3) is 5.32. The standard InChI is InChI=1S/C23H22INO2/c1-16-3-5-18(6-4-16)23(26)15-22(17-7-13-21(27-2)14-8-17)25-20-11-9-19(24)10-12-20/h3-14,22,25H,15H2,1-2H3. The Hall–Kier alpha value is -2.34. The number of nitrogens with one attached hydrogen (secondary N) is 1. The van der Waals surface area contributed by atoms with Gasteiger partial charge >= 0.3 is 0 Å². The Labute approximate surface area is 173 Å². The zero-order chi connectivity index (χ0) is 19.2. The highest BCUT2D eigenvalue weighted by atomic mass is 127. The number of carbonyl (C=O) groups excluding carboxylic acids is 1. The lowest BCUT2D eigenvalue weighted by Crippen LogP contribution is -2.16. The van der Waals surface area contributed by atoms with Crippen molar-refractivity contribution in [3.05, 3.63) is 93.1 Å². The summed E-state index contributed by atoms with van der Waals surface area (Å²) in [7, 11) is 1.65. The number of hydrogen-bond donors (Lipinski definition) is 1. The Bertz CT molecular complexity index is 887. The fraction of sp³-hybridized carbons (Fsp3) is 0.174. The van der Waals surface area contributed by atoms with Crippen LogP contribution in [0.1, 0.15) is 33.9 Å².